The first-order chi connectivity index (χ1) is 38.5. The molecule has 0 aromatic rings. The molecular weight excluding hydrogens is 961 g/mol. The van der Waals surface area contributed by atoms with Crippen LogP contribution in [0, 0.1) is 0 Å². The zero-order valence-electron chi connectivity index (χ0n) is 52.7. The van der Waals surface area contributed by atoms with Gasteiger partial charge in [-0.25, -0.2) is 0 Å². The number of unbranched alkanes of at least 4 members (excludes halogenated alkanes) is 48. The molecule has 0 amide bonds. The van der Waals surface area contributed by atoms with Crippen molar-refractivity contribution in [2.75, 3.05) is 13.2 Å². The molecule has 0 aromatic carbocycles. The lowest BCUT2D eigenvalue weighted by Crippen LogP contribution is -2.30. The third-order valence-electron chi connectivity index (χ3n) is 15.9. The number of ether oxygens (including phenoxy) is 3. The SMILES string of the molecule is CCCCC/C=C\C/C=C\C/C=C\CCCCCCCCC(=O)OCC(COC(=O)CCCCCCCCCCCCCCCCCCCCCCC)OC(=O)CCCCCCCCCCCCCCCCCCCCCC. The number of allylic oxidation sites excluding steroid dienone is 6. The van der Waals surface area contributed by atoms with Gasteiger partial charge in [0.15, 0.2) is 6.10 Å². The van der Waals surface area contributed by atoms with Gasteiger partial charge in [-0.1, -0.05) is 346 Å². The van der Waals surface area contributed by atoms with Gasteiger partial charge in [0.05, 0.1) is 0 Å². The van der Waals surface area contributed by atoms with Crippen molar-refractivity contribution in [3.63, 3.8) is 0 Å². The van der Waals surface area contributed by atoms with E-state index in [1.54, 1.807) is 0 Å². The zero-order chi connectivity index (χ0) is 56.4. The molecule has 0 saturated carbocycles. The summed E-state index contributed by atoms with van der Waals surface area (Å²) in [5, 5.41) is 0. The Labute approximate surface area is 486 Å². The molecule has 0 heterocycles. The summed E-state index contributed by atoms with van der Waals surface area (Å²) in [7, 11) is 0. The summed E-state index contributed by atoms with van der Waals surface area (Å²) in [5.41, 5.74) is 0. The van der Waals surface area contributed by atoms with E-state index in [-0.39, 0.29) is 31.1 Å². The molecule has 0 saturated heterocycles. The van der Waals surface area contributed by atoms with Gasteiger partial charge in [-0.15, -0.1) is 0 Å². The average molecular weight is 1100 g/mol. The second-order valence-electron chi connectivity index (χ2n) is 23.8. The fourth-order valence-electron chi connectivity index (χ4n) is 10.6. The van der Waals surface area contributed by atoms with E-state index in [2.05, 4.69) is 57.2 Å². The summed E-state index contributed by atoms with van der Waals surface area (Å²) in [6.07, 6.45) is 83.0. The van der Waals surface area contributed by atoms with E-state index in [9.17, 15) is 14.4 Å². The summed E-state index contributed by atoms with van der Waals surface area (Å²) >= 11 is 0. The van der Waals surface area contributed by atoms with E-state index in [1.165, 1.54) is 270 Å². The smallest absolute Gasteiger partial charge is 0.306 e. The molecule has 0 spiro atoms. The number of hydrogen-bond acceptors (Lipinski definition) is 6. The van der Waals surface area contributed by atoms with Crippen LogP contribution >= 0.6 is 0 Å². The van der Waals surface area contributed by atoms with Crippen LogP contribution in [0.15, 0.2) is 36.5 Å². The average Bonchev–Trinajstić information content (AvgIpc) is 3.44. The van der Waals surface area contributed by atoms with Gasteiger partial charge in [-0.3, -0.25) is 14.4 Å². The number of carbonyl (C=O) groups is 3. The summed E-state index contributed by atoms with van der Waals surface area (Å²) in [6.45, 7) is 6.69. The van der Waals surface area contributed by atoms with E-state index < -0.39 is 6.10 Å². The standard InChI is InChI=1S/C72H134O6/c1-4-7-10-13-16-19-22-25-28-31-34-36-39-41-44-47-50-53-56-59-62-65-71(74)77-68-69(67-76-70(73)64-61-58-55-52-49-46-43-40-37-33-30-27-24-21-18-15-12-9-6-3)78-72(75)66-63-60-57-54-51-48-45-42-38-35-32-29-26-23-20-17-14-11-8-5-2/h18,21,27,30,37,40,69H,4-17,19-20,22-26,28-29,31-36,38-39,41-68H2,1-3H3/b21-18-,30-27-,40-37-. The number of hydrogen-bond donors (Lipinski definition) is 0. The molecule has 0 aliphatic rings. The predicted octanol–water partition coefficient (Wildman–Crippen LogP) is 23.9. The van der Waals surface area contributed by atoms with E-state index in [0.717, 1.165) is 77.0 Å². The molecule has 0 aromatic heterocycles. The molecule has 1 atom stereocenters. The van der Waals surface area contributed by atoms with Crippen molar-refractivity contribution in [3.05, 3.63) is 36.5 Å². The summed E-state index contributed by atoms with van der Waals surface area (Å²) in [5.74, 6) is -0.852. The van der Waals surface area contributed by atoms with Gasteiger partial charge in [0.2, 0.25) is 0 Å². The number of carbonyl (C=O) groups excluding carboxylic acids is 3. The first kappa shape index (κ1) is 75.6. The van der Waals surface area contributed by atoms with Gasteiger partial charge in [-0.2, -0.15) is 0 Å². The maximum atomic E-state index is 13.0. The van der Waals surface area contributed by atoms with Crippen molar-refractivity contribution in [1.82, 2.24) is 0 Å². The van der Waals surface area contributed by atoms with Crippen molar-refractivity contribution in [2.24, 2.45) is 0 Å². The monoisotopic (exact) mass is 1100 g/mol. The minimum Gasteiger partial charge on any atom is -0.462 e. The first-order valence-electron chi connectivity index (χ1n) is 35.0. The molecule has 1 unspecified atom stereocenters. The van der Waals surface area contributed by atoms with Crippen LogP contribution in [0.4, 0.5) is 0 Å². The first-order valence-corrected chi connectivity index (χ1v) is 35.0. The molecular formula is C72H134O6. The Morgan fingerprint density at radius 3 is 0.744 bits per heavy atom. The van der Waals surface area contributed by atoms with Crippen molar-refractivity contribution < 1.29 is 28.6 Å². The topological polar surface area (TPSA) is 78.9 Å². The number of esters is 3. The third kappa shape index (κ3) is 64.5. The lowest BCUT2D eigenvalue weighted by molar-refractivity contribution is -0.167. The van der Waals surface area contributed by atoms with Crippen LogP contribution in [0.5, 0.6) is 0 Å². The van der Waals surface area contributed by atoms with Crippen LogP contribution in [0.2, 0.25) is 0 Å². The van der Waals surface area contributed by atoms with Crippen LogP contribution in [0.25, 0.3) is 0 Å². The van der Waals surface area contributed by atoms with Crippen LogP contribution in [-0.2, 0) is 28.6 Å². The van der Waals surface area contributed by atoms with Crippen LogP contribution in [0.1, 0.15) is 387 Å². The molecule has 458 valence electrons. The van der Waals surface area contributed by atoms with Gasteiger partial charge in [0.25, 0.3) is 0 Å². The summed E-state index contributed by atoms with van der Waals surface area (Å²) < 4.78 is 17.0. The highest BCUT2D eigenvalue weighted by Crippen LogP contribution is 2.19. The van der Waals surface area contributed by atoms with E-state index in [4.69, 9.17) is 14.2 Å². The maximum Gasteiger partial charge on any atom is 0.306 e. The van der Waals surface area contributed by atoms with E-state index in [1.807, 2.05) is 0 Å². The lowest BCUT2D eigenvalue weighted by atomic mass is 10.0. The molecule has 0 rings (SSSR count). The van der Waals surface area contributed by atoms with Gasteiger partial charge < -0.3 is 14.2 Å². The molecule has 0 radical (unpaired) electrons. The molecule has 0 aliphatic carbocycles. The van der Waals surface area contributed by atoms with Crippen molar-refractivity contribution in [2.45, 2.75) is 393 Å². The Kier molecular flexibility index (Phi) is 65.1. The van der Waals surface area contributed by atoms with Crippen LogP contribution < -0.4 is 0 Å². The second kappa shape index (κ2) is 67.1. The highest BCUT2D eigenvalue weighted by Gasteiger charge is 2.19. The fourth-order valence-corrected chi connectivity index (χ4v) is 10.6. The largest absolute Gasteiger partial charge is 0.462 e. The zero-order valence-corrected chi connectivity index (χ0v) is 52.7. The highest BCUT2D eigenvalue weighted by molar-refractivity contribution is 5.71. The summed E-state index contributed by atoms with van der Waals surface area (Å²) in [4.78, 5) is 38.5. The van der Waals surface area contributed by atoms with Crippen molar-refractivity contribution >= 4 is 17.9 Å². The van der Waals surface area contributed by atoms with Crippen LogP contribution in [-0.4, -0.2) is 37.2 Å². The Hall–Kier alpha value is -2.37. The molecule has 0 N–H and O–H groups in total. The minimum absolute atomic E-state index is 0.0703. The molecule has 6 nitrogen and oxygen atoms in total. The predicted molar refractivity (Wildman–Crippen MR) is 339 cm³/mol. The highest BCUT2D eigenvalue weighted by atomic mass is 16.6. The lowest BCUT2D eigenvalue weighted by Gasteiger charge is -2.18. The quantitative estimate of drug-likeness (QED) is 0.0261. The Bertz CT molecular complexity index is 1300. The Balaban J connectivity index is 4.33. The van der Waals surface area contributed by atoms with E-state index in [0.29, 0.717) is 19.3 Å². The van der Waals surface area contributed by atoms with Crippen molar-refractivity contribution in [3.8, 4) is 0 Å². The molecule has 78 heavy (non-hydrogen) atoms. The molecule has 0 aliphatic heterocycles. The summed E-state index contributed by atoms with van der Waals surface area (Å²) in [6, 6.07) is 0. The second-order valence-corrected chi connectivity index (χ2v) is 23.8. The molecule has 0 fully saturated rings. The third-order valence-corrected chi connectivity index (χ3v) is 15.9. The molecule has 6 heteroatoms. The van der Waals surface area contributed by atoms with Gasteiger partial charge in [-0.05, 0) is 57.8 Å². The normalized spacial score (nSPS) is 12.2. The Morgan fingerprint density at radius 1 is 0.256 bits per heavy atom. The van der Waals surface area contributed by atoms with Crippen LogP contribution in [0.3, 0.4) is 0 Å². The number of rotatable bonds is 65. The Morgan fingerprint density at radius 2 is 0.462 bits per heavy atom. The van der Waals surface area contributed by atoms with Gasteiger partial charge >= 0.3 is 17.9 Å². The fraction of sp³-hybridized carbons (Fsp3) is 0.875. The van der Waals surface area contributed by atoms with Gasteiger partial charge in [0, 0.05) is 19.3 Å². The van der Waals surface area contributed by atoms with Crippen molar-refractivity contribution in [1.29, 1.82) is 0 Å². The maximum absolute atomic E-state index is 13.0. The van der Waals surface area contributed by atoms with Gasteiger partial charge in [0.1, 0.15) is 13.2 Å². The minimum atomic E-state index is -0.775. The molecule has 0 bridgehead atoms. The van der Waals surface area contributed by atoms with E-state index >= 15 is 0 Å².